The van der Waals surface area contributed by atoms with Gasteiger partial charge in [-0.25, -0.2) is 4.79 Å². The molecule has 0 aromatic carbocycles. The van der Waals surface area contributed by atoms with Crippen LogP contribution < -0.4 is 0 Å². The van der Waals surface area contributed by atoms with Gasteiger partial charge in [0.25, 0.3) is 0 Å². The molecule has 0 heterocycles. The highest BCUT2D eigenvalue weighted by molar-refractivity contribution is 5.71. The van der Waals surface area contributed by atoms with Crippen molar-refractivity contribution in [3.8, 4) is 0 Å². The molecular formula is C8H16O8. The van der Waals surface area contributed by atoms with E-state index in [-0.39, 0.29) is 6.29 Å². The standard InChI is InChI=1S/C5H10O5.C3H6O3/c6-1-3(8)5(10)4(9)2-7;1-2(4)3(5)6/h1,3-5,7-10H,2H2;2,4H,1H3,(H,5,6)/t3-,4+,5-;/m0./s1. The number of carboxylic acid groups (broad SMARTS) is 1. The molecule has 0 rings (SSSR count). The highest BCUT2D eigenvalue weighted by Crippen LogP contribution is 1.96. The van der Waals surface area contributed by atoms with Gasteiger partial charge >= 0.3 is 5.97 Å². The summed E-state index contributed by atoms with van der Waals surface area (Å²) in [5.41, 5.74) is 0. The lowest BCUT2D eigenvalue weighted by Crippen LogP contribution is -2.40. The molecule has 0 aromatic heterocycles. The van der Waals surface area contributed by atoms with Gasteiger partial charge in [-0.15, -0.1) is 0 Å². The summed E-state index contributed by atoms with van der Waals surface area (Å²) < 4.78 is 0. The maximum atomic E-state index is 9.76. The third kappa shape index (κ3) is 8.26. The lowest BCUT2D eigenvalue weighted by Gasteiger charge is -2.16. The van der Waals surface area contributed by atoms with E-state index in [1.54, 1.807) is 0 Å². The second kappa shape index (κ2) is 9.19. The predicted octanol–water partition coefficient (Wildman–Crippen LogP) is -3.29. The number of aliphatic carboxylic acids is 1. The molecule has 1 unspecified atom stereocenters. The molecule has 0 saturated carbocycles. The Morgan fingerprint density at radius 1 is 1.25 bits per heavy atom. The van der Waals surface area contributed by atoms with Crippen molar-refractivity contribution in [1.29, 1.82) is 0 Å². The maximum absolute atomic E-state index is 9.76. The van der Waals surface area contributed by atoms with Crippen molar-refractivity contribution < 1.29 is 40.2 Å². The van der Waals surface area contributed by atoms with Crippen LogP contribution in [0, 0.1) is 0 Å². The minimum absolute atomic E-state index is 0.0869. The monoisotopic (exact) mass is 240 g/mol. The van der Waals surface area contributed by atoms with E-state index in [9.17, 15) is 9.59 Å². The number of carboxylic acids is 1. The number of aliphatic hydroxyl groups is 5. The number of aliphatic hydroxyl groups excluding tert-OH is 5. The van der Waals surface area contributed by atoms with Gasteiger partial charge in [0.05, 0.1) is 6.61 Å². The SMILES string of the molecule is CC(O)C(=O)O.O=C[C@H](O)[C@H](O)[C@H](O)CO. The van der Waals surface area contributed by atoms with Crippen molar-refractivity contribution in [1.82, 2.24) is 0 Å². The predicted molar refractivity (Wildman–Crippen MR) is 50.5 cm³/mol. The van der Waals surface area contributed by atoms with Crippen molar-refractivity contribution in [2.75, 3.05) is 6.61 Å². The molecule has 0 fully saturated rings. The summed E-state index contributed by atoms with van der Waals surface area (Å²) in [4.78, 5) is 19.2. The number of carbonyl (C=O) groups excluding carboxylic acids is 1. The van der Waals surface area contributed by atoms with E-state index in [1.165, 1.54) is 6.92 Å². The van der Waals surface area contributed by atoms with E-state index >= 15 is 0 Å². The van der Waals surface area contributed by atoms with Crippen LogP contribution in [0.3, 0.4) is 0 Å². The van der Waals surface area contributed by atoms with Crippen LogP contribution in [-0.2, 0) is 9.59 Å². The van der Waals surface area contributed by atoms with Gasteiger partial charge in [-0.2, -0.15) is 0 Å². The molecule has 16 heavy (non-hydrogen) atoms. The van der Waals surface area contributed by atoms with Gasteiger partial charge in [-0.3, -0.25) is 0 Å². The largest absolute Gasteiger partial charge is 0.479 e. The first-order valence-corrected chi connectivity index (χ1v) is 4.29. The van der Waals surface area contributed by atoms with Crippen LogP contribution in [0.1, 0.15) is 6.92 Å². The van der Waals surface area contributed by atoms with Gasteiger partial charge in [0.15, 0.2) is 6.29 Å². The number of hydrogen-bond donors (Lipinski definition) is 6. The zero-order valence-electron chi connectivity index (χ0n) is 8.59. The van der Waals surface area contributed by atoms with E-state index in [2.05, 4.69) is 0 Å². The molecule has 96 valence electrons. The Morgan fingerprint density at radius 3 is 1.81 bits per heavy atom. The fourth-order valence-corrected chi connectivity index (χ4v) is 0.416. The van der Waals surface area contributed by atoms with Crippen molar-refractivity contribution in [3.63, 3.8) is 0 Å². The Kier molecular flexibility index (Phi) is 9.96. The van der Waals surface area contributed by atoms with Gasteiger partial charge in [0, 0.05) is 0 Å². The van der Waals surface area contributed by atoms with Gasteiger partial charge in [-0.1, -0.05) is 0 Å². The van der Waals surface area contributed by atoms with Gasteiger partial charge in [0.1, 0.15) is 24.4 Å². The second-order valence-electron chi connectivity index (χ2n) is 2.88. The summed E-state index contributed by atoms with van der Waals surface area (Å²) in [5, 5.41) is 49.8. The average molecular weight is 240 g/mol. The van der Waals surface area contributed by atoms with Crippen molar-refractivity contribution >= 4 is 12.3 Å². The first-order valence-electron chi connectivity index (χ1n) is 4.29. The summed E-state index contributed by atoms with van der Waals surface area (Å²) in [5.74, 6) is -1.19. The molecule has 0 aliphatic heterocycles. The van der Waals surface area contributed by atoms with Crippen LogP contribution in [-0.4, -0.2) is 73.9 Å². The quantitative estimate of drug-likeness (QED) is 0.273. The molecule has 0 aliphatic carbocycles. The Bertz CT molecular complexity index is 204. The molecular weight excluding hydrogens is 224 g/mol. The summed E-state index contributed by atoms with van der Waals surface area (Å²) in [7, 11) is 0. The molecule has 8 heteroatoms. The lowest BCUT2D eigenvalue weighted by molar-refractivity contribution is -0.145. The van der Waals surface area contributed by atoms with Crippen molar-refractivity contribution in [3.05, 3.63) is 0 Å². The fraction of sp³-hybridized carbons (Fsp3) is 0.750. The third-order valence-corrected chi connectivity index (χ3v) is 1.43. The van der Waals surface area contributed by atoms with Gasteiger partial charge in [-0.05, 0) is 6.92 Å². The molecule has 0 radical (unpaired) electrons. The van der Waals surface area contributed by atoms with Crippen molar-refractivity contribution in [2.24, 2.45) is 0 Å². The first-order chi connectivity index (χ1) is 7.27. The normalized spacial score (nSPS) is 17.4. The van der Waals surface area contributed by atoms with E-state index in [0.29, 0.717) is 0 Å². The van der Waals surface area contributed by atoms with Gasteiger partial charge in [0.2, 0.25) is 0 Å². The van der Waals surface area contributed by atoms with Gasteiger partial charge < -0.3 is 35.4 Å². The summed E-state index contributed by atoms with van der Waals surface area (Å²) in [6.45, 7) is 0.508. The Hall–Kier alpha value is -1.06. The van der Waals surface area contributed by atoms with Crippen LogP contribution in [0.2, 0.25) is 0 Å². The minimum Gasteiger partial charge on any atom is -0.479 e. The number of aldehydes is 1. The Labute approximate surface area is 91.4 Å². The minimum atomic E-state index is -1.64. The second-order valence-corrected chi connectivity index (χ2v) is 2.88. The molecule has 0 aliphatic rings. The smallest absolute Gasteiger partial charge is 0.332 e. The lowest BCUT2D eigenvalue weighted by atomic mass is 10.1. The first kappa shape index (κ1) is 17.3. The molecule has 0 saturated heterocycles. The molecule has 0 amide bonds. The zero-order chi connectivity index (χ0) is 13.3. The van der Waals surface area contributed by atoms with Crippen LogP contribution in [0.25, 0.3) is 0 Å². The van der Waals surface area contributed by atoms with Crippen LogP contribution in [0.4, 0.5) is 0 Å². The number of rotatable bonds is 5. The molecule has 0 aromatic rings. The summed E-state index contributed by atoms with van der Waals surface area (Å²) in [6.07, 6.45) is -5.86. The molecule has 0 bridgehead atoms. The van der Waals surface area contributed by atoms with Crippen LogP contribution in [0.5, 0.6) is 0 Å². The molecule has 0 spiro atoms. The zero-order valence-corrected chi connectivity index (χ0v) is 8.59. The Morgan fingerprint density at radius 2 is 1.62 bits per heavy atom. The average Bonchev–Trinajstić information content (AvgIpc) is 2.26. The van der Waals surface area contributed by atoms with Crippen LogP contribution >= 0.6 is 0 Å². The number of carbonyl (C=O) groups is 2. The highest BCUT2D eigenvalue weighted by Gasteiger charge is 2.22. The Balaban J connectivity index is 0. The van der Waals surface area contributed by atoms with E-state index < -0.39 is 37.0 Å². The van der Waals surface area contributed by atoms with E-state index in [4.69, 9.17) is 30.6 Å². The third-order valence-electron chi connectivity index (χ3n) is 1.43. The highest BCUT2D eigenvalue weighted by atomic mass is 16.4. The molecule has 8 nitrogen and oxygen atoms in total. The molecule has 4 atom stereocenters. The summed E-state index contributed by atoms with van der Waals surface area (Å²) in [6, 6.07) is 0. The van der Waals surface area contributed by atoms with E-state index in [1.807, 2.05) is 0 Å². The van der Waals surface area contributed by atoms with Crippen molar-refractivity contribution in [2.45, 2.75) is 31.3 Å². The maximum Gasteiger partial charge on any atom is 0.332 e. The summed E-state index contributed by atoms with van der Waals surface area (Å²) >= 11 is 0. The van der Waals surface area contributed by atoms with E-state index in [0.717, 1.165) is 0 Å². The van der Waals surface area contributed by atoms with Crippen LogP contribution in [0.15, 0.2) is 0 Å². The topological polar surface area (TPSA) is 156 Å². The number of hydrogen-bond acceptors (Lipinski definition) is 7. The molecule has 6 N–H and O–H groups in total. The fourth-order valence-electron chi connectivity index (χ4n) is 0.416.